The minimum atomic E-state index is 0.145. The molecule has 4 heteroatoms. The number of nitrogens with one attached hydrogen (secondary N) is 1. The number of amides is 1. The summed E-state index contributed by atoms with van der Waals surface area (Å²) in [5.74, 6) is 0.145. The summed E-state index contributed by atoms with van der Waals surface area (Å²) >= 11 is 0. The summed E-state index contributed by atoms with van der Waals surface area (Å²) in [6, 6.07) is 4.56. The summed E-state index contributed by atoms with van der Waals surface area (Å²) in [4.78, 5) is 13.8. The van der Waals surface area contributed by atoms with Crippen LogP contribution < -0.4 is 5.32 Å². The van der Waals surface area contributed by atoms with Gasteiger partial charge in [-0.2, -0.15) is 0 Å². The summed E-state index contributed by atoms with van der Waals surface area (Å²) in [7, 11) is 1.85. The van der Waals surface area contributed by atoms with Crippen molar-refractivity contribution in [3.63, 3.8) is 0 Å². The molecule has 0 fully saturated rings. The Kier molecular flexibility index (Phi) is 5.41. The van der Waals surface area contributed by atoms with E-state index in [1.165, 1.54) is 0 Å². The van der Waals surface area contributed by atoms with Crippen LogP contribution in [0, 0.1) is 0 Å². The maximum atomic E-state index is 12.1. The van der Waals surface area contributed by atoms with Gasteiger partial charge >= 0.3 is 0 Å². The van der Waals surface area contributed by atoms with Gasteiger partial charge in [0.05, 0.1) is 0 Å². The number of carbonyl (C=O) groups excluding carboxylic acids is 1. The van der Waals surface area contributed by atoms with Crippen LogP contribution in [0.25, 0.3) is 0 Å². The van der Waals surface area contributed by atoms with Crippen molar-refractivity contribution in [1.29, 1.82) is 0 Å². The number of aromatic nitrogens is 1. The molecule has 1 heterocycles. The molecular formula is C14H25N3O. The molecule has 1 unspecified atom stereocenters. The van der Waals surface area contributed by atoms with Crippen LogP contribution >= 0.6 is 0 Å². The second kappa shape index (κ2) is 6.59. The Bertz CT molecular complexity index is 384. The lowest BCUT2D eigenvalue weighted by Crippen LogP contribution is -2.36. The molecule has 0 saturated carbocycles. The fraction of sp³-hybridized carbons (Fsp3) is 0.643. The number of carbonyl (C=O) groups is 1. The third-order valence-corrected chi connectivity index (χ3v) is 3.29. The van der Waals surface area contributed by atoms with Crippen molar-refractivity contribution < 1.29 is 4.79 Å². The van der Waals surface area contributed by atoms with Crippen molar-refractivity contribution in [2.45, 2.75) is 46.3 Å². The molecule has 1 N–H and O–H groups in total. The molecule has 0 aliphatic rings. The highest BCUT2D eigenvalue weighted by Gasteiger charge is 2.15. The third-order valence-electron chi connectivity index (χ3n) is 3.29. The Morgan fingerprint density at radius 1 is 1.44 bits per heavy atom. The number of likely N-dealkylation sites (N-methyl/N-ethyl adjacent to an activating group) is 1. The molecule has 18 heavy (non-hydrogen) atoms. The summed E-state index contributed by atoms with van der Waals surface area (Å²) in [5.41, 5.74) is 1.15. The first-order chi connectivity index (χ1) is 8.47. The highest BCUT2D eigenvalue weighted by Crippen LogP contribution is 2.13. The molecule has 1 atom stereocenters. The van der Waals surface area contributed by atoms with Crippen molar-refractivity contribution in [3.8, 4) is 0 Å². The molecule has 0 aliphatic heterocycles. The van der Waals surface area contributed by atoms with Crippen LogP contribution in [-0.4, -0.2) is 35.0 Å². The van der Waals surface area contributed by atoms with Gasteiger partial charge in [-0.15, -0.1) is 0 Å². The monoisotopic (exact) mass is 251 g/mol. The predicted octanol–water partition coefficient (Wildman–Crippen LogP) is 2.03. The van der Waals surface area contributed by atoms with E-state index >= 15 is 0 Å². The van der Waals surface area contributed by atoms with E-state index in [2.05, 4.69) is 25.2 Å². The lowest BCUT2D eigenvalue weighted by molar-refractivity contribution is -0.132. The van der Waals surface area contributed by atoms with Crippen molar-refractivity contribution >= 4 is 5.91 Å². The first-order valence-corrected chi connectivity index (χ1v) is 6.61. The highest BCUT2D eigenvalue weighted by molar-refractivity contribution is 5.76. The zero-order chi connectivity index (χ0) is 13.7. The highest BCUT2D eigenvalue weighted by atomic mass is 16.2. The van der Waals surface area contributed by atoms with Crippen molar-refractivity contribution in [2.24, 2.45) is 0 Å². The first kappa shape index (κ1) is 14.8. The van der Waals surface area contributed by atoms with Gasteiger partial charge in [-0.3, -0.25) is 4.79 Å². The van der Waals surface area contributed by atoms with Crippen molar-refractivity contribution in [3.05, 3.63) is 24.0 Å². The summed E-state index contributed by atoms with van der Waals surface area (Å²) < 4.78 is 2.02. The summed E-state index contributed by atoms with van der Waals surface area (Å²) in [6.07, 6.45) is 1.97. The average Bonchev–Trinajstić information content (AvgIpc) is 2.76. The fourth-order valence-electron chi connectivity index (χ4n) is 1.92. The van der Waals surface area contributed by atoms with Crippen LogP contribution in [0.1, 0.15) is 39.4 Å². The summed E-state index contributed by atoms with van der Waals surface area (Å²) in [5, 5.41) is 3.37. The Balaban J connectivity index is 2.74. The zero-order valence-electron chi connectivity index (χ0n) is 12.1. The molecule has 0 aromatic carbocycles. The van der Waals surface area contributed by atoms with Gasteiger partial charge in [-0.05, 0) is 39.4 Å². The van der Waals surface area contributed by atoms with Crippen molar-refractivity contribution in [2.75, 3.05) is 13.6 Å². The topological polar surface area (TPSA) is 37.3 Å². The molecule has 102 valence electrons. The SMILES string of the molecule is CCNC(C)c1cccn1CC(=O)N(C)C(C)C. The van der Waals surface area contributed by atoms with Gasteiger partial charge in [0.15, 0.2) is 0 Å². The second-order valence-electron chi connectivity index (χ2n) is 4.94. The van der Waals surface area contributed by atoms with Gasteiger partial charge in [0, 0.05) is 31.0 Å². The predicted molar refractivity (Wildman–Crippen MR) is 74.4 cm³/mol. The molecule has 1 amide bonds. The summed E-state index contributed by atoms with van der Waals surface area (Å²) in [6.45, 7) is 9.58. The van der Waals surface area contributed by atoms with Crippen LogP contribution in [0.4, 0.5) is 0 Å². The molecular weight excluding hydrogens is 226 g/mol. The number of hydrogen-bond acceptors (Lipinski definition) is 2. The lowest BCUT2D eigenvalue weighted by Gasteiger charge is -2.23. The molecule has 0 spiro atoms. The van der Waals surface area contributed by atoms with Gasteiger partial charge in [-0.25, -0.2) is 0 Å². The molecule has 1 aromatic heterocycles. The van der Waals surface area contributed by atoms with Crippen LogP contribution in [0.3, 0.4) is 0 Å². The standard InChI is InChI=1S/C14H25N3O/c1-6-15-12(4)13-8-7-9-17(13)10-14(18)16(5)11(2)3/h7-9,11-12,15H,6,10H2,1-5H3. The fourth-order valence-corrected chi connectivity index (χ4v) is 1.92. The smallest absolute Gasteiger partial charge is 0.242 e. The number of rotatable bonds is 6. The van der Waals surface area contributed by atoms with E-state index in [-0.39, 0.29) is 18.0 Å². The van der Waals surface area contributed by atoms with E-state index in [0.717, 1.165) is 12.2 Å². The molecule has 1 aromatic rings. The van der Waals surface area contributed by atoms with E-state index in [1.54, 1.807) is 4.90 Å². The molecule has 1 rings (SSSR count). The molecule has 0 bridgehead atoms. The molecule has 0 radical (unpaired) electrons. The molecule has 4 nitrogen and oxygen atoms in total. The maximum absolute atomic E-state index is 12.1. The maximum Gasteiger partial charge on any atom is 0.242 e. The second-order valence-corrected chi connectivity index (χ2v) is 4.94. The van der Waals surface area contributed by atoms with E-state index in [1.807, 2.05) is 37.7 Å². The number of hydrogen-bond donors (Lipinski definition) is 1. The largest absolute Gasteiger partial charge is 0.342 e. The minimum absolute atomic E-state index is 0.145. The average molecular weight is 251 g/mol. The van der Waals surface area contributed by atoms with E-state index < -0.39 is 0 Å². The Morgan fingerprint density at radius 2 is 2.11 bits per heavy atom. The van der Waals surface area contributed by atoms with Crippen LogP contribution in [0.5, 0.6) is 0 Å². The Hall–Kier alpha value is -1.29. The Labute approximate surface area is 110 Å². The quantitative estimate of drug-likeness (QED) is 0.840. The van der Waals surface area contributed by atoms with Crippen molar-refractivity contribution in [1.82, 2.24) is 14.8 Å². The third kappa shape index (κ3) is 3.60. The molecule has 0 aliphatic carbocycles. The zero-order valence-corrected chi connectivity index (χ0v) is 12.1. The van der Waals surface area contributed by atoms with Crippen LogP contribution in [0.15, 0.2) is 18.3 Å². The van der Waals surface area contributed by atoms with Gasteiger partial charge < -0.3 is 14.8 Å². The van der Waals surface area contributed by atoms with E-state index in [9.17, 15) is 4.79 Å². The van der Waals surface area contributed by atoms with Crippen LogP contribution in [0.2, 0.25) is 0 Å². The first-order valence-electron chi connectivity index (χ1n) is 6.61. The van der Waals surface area contributed by atoms with Gasteiger partial charge in [0.1, 0.15) is 6.54 Å². The number of nitrogens with zero attached hydrogens (tertiary/aromatic N) is 2. The van der Waals surface area contributed by atoms with Gasteiger partial charge in [0.2, 0.25) is 5.91 Å². The van der Waals surface area contributed by atoms with E-state index in [0.29, 0.717) is 6.54 Å². The van der Waals surface area contributed by atoms with Gasteiger partial charge in [-0.1, -0.05) is 6.92 Å². The van der Waals surface area contributed by atoms with Crippen LogP contribution in [-0.2, 0) is 11.3 Å². The lowest BCUT2D eigenvalue weighted by atomic mass is 10.2. The molecule has 0 saturated heterocycles. The Morgan fingerprint density at radius 3 is 2.67 bits per heavy atom. The minimum Gasteiger partial charge on any atom is -0.342 e. The normalized spacial score (nSPS) is 12.8. The van der Waals surface area contributed by atoms with E-state index in [4.69, 9.17) is 0 Å². The van der Waals surface area contributed by atoms with Gasteiger partial charge in [0.25, 0.3) is 0 Å².